The molecular formula is C16H15BrN2O3. The number of nitrogens with one attached hydrogen (secondary N) is 2. The van der Waals surface area contributed by atoms with Gasteiger partial charge in [0, 0.05) is 21.9 Å². The van der Waals surface area contributed by atoms with E-state index in [-0.39, 0.29) is 19.2 Å². The van der Waals surface area contributed by atoms with Crippen LogP contribution >= 0.6 is 15.9 Å². The van der Waals surface area contributed by atoms with E-state index in [4.69, 9.17) is 9.47 Å². The summed E-state index contributed by atoms with van der Waals surface area (Å²) in [6.07, 6.45) is 0. The lowest BCUT2D eigenvalue weighted by Gasteiger charge is -2.09. The minimum atomic E-state index is -0.112. The third-order valence-corrected chi connectivity index (χ3v) is 4.16. The van der Waals surface area contributed by atoms with Gasteiger partial charge in [0.25, 0.3) is 0 Å². The highest BCUT2D eigenvalue weighted by atomic mass is 79.9. The van der Waals surface area contributed by atoms with E-state index < -0.39 is 0 Å². The van der Waals surface area contributed by atoms with Gasteiger partial charge in [0.2, 0.25) is 12.7 Å². The van der Waals surface area contributed by atoms with Crippen molar-refractivity contribution in [1.82, 2.24) is 0 Å². The predicted octanol–water partition coefficient (Wildman–Crippen LogP) is 3.54. The summed E-state index contributed by atoms with van der Waals surface area (Å²) in [6, 6.07) is 11.2. The average Bonchev–Trinajstić information content (AvgIpc) is 2.96. The van der Waals surface area contributed by atoms with E-state index in [2.05, 4.69) is 26.6 Å². The van der Waals surface area contributed by atoms with Crippen LogP contribution in [0.15, 0.2) is 40.9 Å². The van der Waals surface area contributed by atoms with Gasteiger partial charge in [0.15, 0.2) is 11.5 Å². The molecule has 0 aromatic heterocycles. The molecule has 0 atom stereocenters. The number of ether oxygens (including phenoxy) is 2. The standard InChI is InChI=1S/C16H15BrN2O3/c1-10-6-12(2-4-13(10)17)19-16(20)8-18-11-3-5-14-15(7-11)22-9-21-14/h2-7,18H,8-9H2,1H3,(H,19,20). The maximum atomic E-state index is 12.0. The number of carbonyl (C=O) groups is 1. The van der Waals surface area contributed by atoms with Gasteiger partial charge >= 0.3 is 0 Å². The molecule has 6 heteroatoms. The van der Waals surface area contributed by atoms with Gasteiger partial charge in [-0.3, -0.25) is 4.79 Å². The monoisotopic (exact) mass is 362 g/mol. The summed E-state index contributed by atoms with van der Waals surface area (Å²) in [5, 5.41) is 5.92. The van der Waals surface area contributed by atoms with Crippen molar-refractivity contribution < 1.29 is 14.3 Å². The summed E-state index contributed by atoms with van der Waals surface area (Å²) in [5.74, 6) is 1.30. The molecule has 0 radical (unpaired) electrons. The molecule has 1 aliphatic rings. The van der Waals surface area contributed by atoms with Gasteiger partial charge in [-0.15, -0.1) is 0 Å². The fourth-order valence-corrected chi connectivity index (χ4v) is 2.36. The van der Waals surface area contributed by atoms with Crippen molar-refractivity contribution in [2.75, 3.05) is 24.0 Å². The van der Waals surface area contributed by atoms with Gasteiger partial charge in [0.1, 0.15) is 0 Å². The number of benzene rings is 2. The minimum absolute atomic E-state index is 0.112. The van der Waals surface area contributed by atoms with E-state index in [0.717, 1.165) is 27.2 Å². The smallest absolute Gasteiger partial charge is 0.243 e. The highest BCUT2D eigenvalue weighted by molar-refractivity contribution is 9.10. The van der Waals surface area contributed by atoms with Crippen LogP contribution in [-0.2, 0) is 4.79 Å². The van der Waals surface area contributed by atoms with Gasteiger partial charge in [-0.25, -0.2) is 0 Å². The molecule has 5 nitrogen and oxygen atoms in total. The van der Waals surface area contributed by atoms with Crippen molar-refractivity contribution in [3.8, 4) is 11.5 Å². The Morgan fingerprint density at radius 3 is 2.73 bits per heavy atom. The van der Waals surface area contributed by atoms with Crippen LogP contribution in [0.1, 0.15) is 5.56 Å². The first-order valence-corrected chi connectivity index (χ1v) is 7.60. The van der Waals surface area contributed by atoms with Crippen LogP contribution in [0.5, 0.6) is 11.5 Å². The Morgan fingerprint density at radius 2 is 1.91 bits per heavy atom. The summed E-state index contributed by atoms with van der Waals surface area (Å²) in [4.78, 5) is 12.0. The van der Waals surface area contributed by atoms with Crippen LogP contribution in [-0.4, -0.2) is 19.2 Å². The number of rotatable bonds is 4. The molecule has 22 heavy (non-hydrogen) atoms. The first-order chi connectivity index (χ1) is 10.6. The third-order valence-electron chi connectivity index (χ3n) is 3.27. The molecule has 3 rings (SSSR count). The summed E-state index contributed by atoms with van der Waals surface area (Å²) < 4.78 is 11.6. The van der Waals surface area contributed by atoms with Crippen LogP contribution in [0.3, 0.4) is 0 Å². The van der Waals surface area contributed by atoms with E-state index >= 15 is 0 Å². The van der Waals surface area contributed by atoms with Gasteiger partial charge in [-0.2, -0.15) is 0 Å². The molecule has 2 aromatic rings. The van der Waals surface area contributed by atoms with E-state index in [1.165, 1.54) is 0 Å². The Hall–Kier alpha value is -2.21. The van der Waals surface area contributed by atoms with E-state index in [9.17, 15) is 4.79 Å². The zero-order valence-electron chi connectivity index (χ0n) is 12.0. The largest absolute Gasteiger partial charge is 0.454 e. The molecule has 1 amide bonds. The zero-order chi connectivity index (χ0) is 15.5. The number of fused-ring (bicyclic) bond motifs is 1. The summed E-state index contributed by atoms with van der Waals surface area (Å²) in [6.45, 7) is 2.39. The van der Waals surface area contributed by atoms with Gasteiger partial charge in [-0.1, -0.05) is 15.9 Å². The average molecular weight is 363 g/mol. The first-order valence-electron chi connectivity index (χ1n) is 6.81. The van der Waals surface area contributed by atoms with Crippen molar-refractivity contribution in [1.29, 1.82) is 0 Å². The van der Waals surface area contributed by atoms with Crippen molar-refractivity contribution in [3.63, 3.8) is 0 Å². The quantitative estimate of drug-likeness (QED) is 0.873. The van der Waals surface area contributed by atoms with Crippen LogP contribution in [0.2, 0.25) is 0 Å². The molecule has 1 heterocycles. The SMILES string of the molecule is Cc1cc(NC(=O)CNc2ccc3c(c2)OCO3)ccc1Br. The van der Waals surface area contributed by atoms with Crippen LogP contribution in [0.25, 0.3) is 0 Å². The highest BCUT2D eigenvalue weighted by Crippen LogP contribution is 2.34. The number of halogens is 1. The number of amides is 1. The topological polar surface area (TPSA) is 59.6 Å². The normalized spacial score (nSPS) is 12.1. The number of hydrogen-bond acceptors (Lipinski definition) is 4. The predicted molar refractivity (Wildman–Crippen MR) is 88.6 cm³/mol. The van der Waals surface area contributed by atoms with Crippen molar-refractivity contribution in [2.45, 2.75) is 6.92 Å². The third kappa shape index (κ3) is 3.33. The van der Waals surface area contributed by atoms with Gasteiger partial charge < -0.3 is 20.1 Å². The molecule has 0 bridgehead atoms. The van der Waals surface area contributed by atoms with Crippen LogP contribution in [0.4, 0.5) is 11.4 Å². The molecule has 114 valence electrons. The maximum Gasteiger partial charge on any atom is 0.243 e. The number of anilines is 2. The molecular weight excluding hydrogens is 348 g/mol. The Morgan fingerprint density at radius 1 is 1.14 bits per heavy atom. The summed E-state index contributed by atoms with van der Waals surface area (Å²) in [7, 11) is 0. The van der Waals surface area contributed by atoms with Crippen LogP contribution < -0.4 is 20.1 Å². The minimum Gasteiger partial charge on any atom is -0.454 e. The van der Waals surface area contributed by atoms with Gasteiger partial charge in [0.05, 0.1) is 6.54 Å². The molecule has 2 N–H and O–H groups in total. The lowest BCUT2D eigenvalue weighted by Crippen LogP contribution is -2.21. The molecule has 0 unspecified atom stereocenters. The fraction of sp³-hybridized carbons (Fsp3) is 0.188. The molecule has 1 aliphatic heterocycles. The Kier molecular flexibility index (Phi) is 4.20. The Balaban J connectivity index is 1.57. The molecule has 0 fully saturated rings. The van der Waals surface area contributed by atoms with Crippen LogP contribution in [0, 0.1) is 6.92 Å². The fourth-order valence-electron chi connectivity index (χ4n) is 2.12. The zero-order valence-corrected chi connectivity index (χ0v) is 13.6. The first kappa shape index (κ1) is 14.7. The molecule has 2 aromatic carbocycles. The van der Waals surface area contributed by atoms with E-state index in [0.29, 0.717) is 5.75 Å². The molecule has 0 saturated heterocycles. The second-order valence-corrected chi connectivity index (χ2v) is 5.79. The molecule has 0 saturated carbocycles. The number of carbonyl (C=O) groups excluding carboxylic acids is 1. The maximum absolute atomic E-state index is 12.0. The van der Waals surface area contributed by atoms with Crippen molar-refractivity contribution in [2.24, 2.45) is 0 Å². The second kappa shape index (κ2) is 6.27. The second-order valence-electron chi connectivity index (χ2n) is 4.93. The van der Waals surface area contributed by atoms with E-state index in [1.54, 1.807) is 0 Å². The van der Waals surface area contributed by atoms with Crippen molar-refractivity contribution >= 4 is 33.2 Å². The lowest BCUT2D eigenvalue weighted by atomic mass is 10.2. The summed E-state index contributed by atoms with van der Waals surface area (Å²) in [5.41, 5.74) is 2.66. The Bertz CT molecular complexity index is 719. The molecule has 0 spiro atoms. The Labute approximate surface area is 136 Å². The highest BCUT2D eigenvalue weighted by Gasteiger charge is 2.13. The molecule has 0 aliphatic carbocycles. The van der Waals surface area contributed by atoms with Gasteiger partial charge in [-0.05, 0) is 42.8 Å². The van der Waals surface area contributed by atoms with E-state index in [1.807, 2.05) is 43.3 Å². The number of hydrogen-bond donors (Lipinski definition) is 2. The number of aryl methyl sites for hydroxylation is 1. The lowest BCUT2D eigenvalue weighted by molar-refractivity contribution is -0.114. The van der Waals surface area contributed by atoms with Crippen molar-refractivity contribution in [3.05, 3.63) is 46.4 Å². The summed E-state index contributed by atoms with van der Waals surface area (Å²) >= 11 is 3.43.